The third-order valence-electron chi connectivity index (χ3n) is 2.18. The Bertz CT molecular complexity index is 294. The van der Waals surface area contributed by atoms with Crippen molar-refractivity contribution in [3.05, 3.63) is 11.3 Å². The second-order valence-electron chi connectivity index (χ2n) is 3.34. The van der Waals surface area contributed by atoms with E-state index in [0.29, 0.717) is 19.4 Å². The van der Waals surface area contributed by atoms with Crippen LogP contribution in [0.15, 0.2) is 11.3 Å². The molecule has 0 aromatic carbocycles. The topological polar surface area (TPSA) is 57.6 Å². The maximum Gasteiger partial charge on any atom is 0.296 e. The van der Waals surface area contributed by atoms with Crippen LogP contribution in [-0.2, 0) is 9.59 Å². The molecule has 0 saturated heterocycles. The van der Waals surface area contributed by atoms with Crippen LogP contribution in [0.25, 0.3) is 0 Å². The summed E-state index contributed by atoms with van der Waals surface area (Å²) in [6.45, 7) is 4.17. The van der Waals surface area contributed by atoms with Gasteiger partial charge in [-0.2, -0.15) is 0 Å². The fourth-order valence-corrected chi connectivity index (χ4v) is 1.52. The van der Waals surface area contributed by atoms with Crippen LogP contribution in [0.5, 0.6) is 0 Å². The molecular formula is C10H15NO3. The molecule has 0 radical (unpaired) electrons. The minimum absolute atomic E-state index is 0.269. The van der Waals surface area contributed by atoms with Crippen LogP contribution < -0.4 is 0 Å². The summed E-state index contributed by atoms with van der Waals surface area (Å²) in [5.41, 5.74) is 0.269. The van der Waals surface area contributed by atoms with Gasteiger partial charge in [-0.15, -0.1) is 0 Å². The molecule has 0 fully saturated rings. The third kappa shape index (κ3) is 1.64. The number of imide groups is 1. The van der Waals surface area contributed by atoms with Gasteiger partial charge >= 0.3 is 0 Å². The highest BCUT2D eigenvalue weighted by Crippen LogP contribution is 2.22. The Morgan fingerprint density at radius 1 is 1.14 bits per heavy atom. The highest BCUT2D eigenvalue weighted by atomic mass is 16.3. The number of hydrogen-bond acceptors (Lipinski definition) is 3. The van der Waals surface area contributed by atoms with Crippen molar-refractivity contribution in [2.45, 2.75) is 33.1 Å². The van der Waals surface area contributed by atoms with Gasteiger partial charge in [0.15, 0.2) is 5.76 Å². The van der Waals surface area contributed by atoms with E-state index in [1.807, 2.05) is 13.8 Å². The van der Waals surface area contributed by atoms with E-state index in [0.717, 1.165) is 11.3 Å². The Kier molecular flexibility index (Phi) is 3.28. The maximum atomic E-state index is 11.6. The second kappa shape index (κ2) is 4.26. The standard InChI is InChI=1S/C10H15NO3/c1-3-5-7-8(12)10(14)11(6-4-2)9(7)13/h12H,3-6H2,1-2H3. The average Bonchev–Trinajstić information content (AvgIpc) is 2.36. The number of aliphatic hydroxyl groups is 1. The first-order valence-corrected chi connectivity index (χ1v) is 4.91. The van der Waals surface area contributed by atoms with Crippen molar-refractivity contribution in [1.82, 2.24) is 4.90 Å². The summed E-state index contributed by atoms with van der Waals surface area (Å²) in [5, 5.41) is 9.42. The molecule has 0 aliphatic carbocycles. The summed E-state index contributed by atoms with van der Waals surface area (Å²) in [6, 6.07) is 0. The van der Waals surface area contributed by atoms with Gasteiger partial charge in [-0.05, 0) is 12.8 Å². The SMILES string of the molecule is CCCC1=C(O)C(=O)N(CCC)C1=O. The number of hydrogen-bond donors (Lipinski definition) is 1. The normalized spacial score (nSPS) is 17.1. The van der Waals surface area contributed by atoms with Crippen LogP contribution in [0.4, 0.5) is 0 Å². The molecule has 14 heavy (non-hydrogen) atoms. The number of carbonyl (C=O) groups is 2. The lowest BCUT2D eigenvalue weighted by molar-refractivity contribution is -0.138. The van der Waals surface area contributed by atoms with Gasteiger partial charge in [0.2, 0.25) is 0 Å². The molecule has 0 unspecified atom stereocenters. The van der Waals surface area contributed by atoms with Gasteiger partial charge in [-0.1, -0.05) is 20.3 Å². The molecule has 78 valence electrons. The van der Waals surface area contributed by atoms with Crippen molar-refractivity contribution >= 4 is 11.8 Å². The Hall–Kier alpha value is -1.32. The van der Waals surface area contributed by atoms with Crippen molar-refractivity contribution in [1.29, 1.82) is 0 Å². The van der Waals surface area contributed by atoms with E-state index in [1.165, 1.54) is 0 Å². The monoisotopic (exact) mass is 197 g/mol. The van der Waals surface area contributed by atoms with Crippen LogP contribution in [0, 0.1) is 0 Å². The van der Waals surface area contributed by atoms with E-state index in [4.69, 9.17) is 0 Å². The molecule has 0 spiro atoms. The summed E-state index contributed by atoms with van der Waals surface area (Å²) >= 11 is 0. The van der Waals surface area contributed by atoms with Crippen molar-refractivity contribution in [3.8, 4) is 0 Å². The first-order chi connectivity index (χ1) is 6.63. The lowest BCUT2D eigenvalue weighted by Crippen LogP contribution is -2.32. The average molecular weight is 197 g/mol. The second-order valence-corrected chi connectivity index (χ2v) is 3.34. The van der Waals surface area contributed by atoms with Gasteiger partial charge in [0.25, 0.3) is 11.8 Å². The van der Waals surface area contributed by atoms with Gasteiger partial charge in [-0.3, -0.25) is 14.5 Å². The fraction of sp³-hybridized carbons (Fsp3) is 0.600. The van der Waals surface area contributed by atoms with E-state index in [-0.39, 0.29) is 17.2 Å². The van der Waals surface area contributed by atoms with E-state index in [1.54, 1.807) is 0 Å². The number of aliphatic hydroxyl groups excluding tert-OH is 1. The highest BCUT2D eigenvalue weighted by molar-refractivity contribution is 6.18. The van der Waals surface area contributed by atoms with Gasteiger partial charge in [0, 0.05) is 6.54 Å². The van der Waals surface area contributed by atoms with E-state index in [9.17, 15) is 14.7 Å². The van der Waals surface area contributed by atoms with Crippen molar-refractivity contribution in [2.75, 3.05) is 6.54 Å². The molecule has 1 heterocycles. The first-order valence-electron chi connectivity index (χ1n) is 4.91. The molecule has 1 rings (SSSR count). The first kappa shape index (κ1) is 10.8. The summed E-state index contributed by atoms with van der Waals surface area (Å²) in [6.07, 6.45) is 1.93. The molecule has 2 amide bonds. The van der Waals surface area contributed by atoms with Crippen LogP contribution in [0.1, 0.15) is 33.1 Å². The van der Waals surface area contributed by atoms with Crippen molar-refractivity contribution < 1.29 is 14.7 Å². The van der Waals surface area contributed by atoms with Crippen LogP contribution in [-0.4, -0.2) is 28.4 Å². The molecular weight excluding hydrogens is 182 g/mol. The van der Waals surface area contributed by atoms with Gasteiger partial charge < -0.3 is 5.11 Å². The Morgan fingerprint density at radius 2 is 1.79 bits per heavy atom. The van der Waals surface area contributed by atoms with Gasteiger partial charge in [-0.25, -0.2) is 0 Å². The van der Waals surface area contributed by atoms with Crippen LogP contribution in [0.3, 0.4) is 0 Å². The zero-order valence-corrected chi connectivity index (χ0v) is 8.54. The Morgan fingerprint density at radius 3 is 2.29 bits per heavy atom. The smallest absolute Gasteiger partial charge is 0.296 e. The number of amides is 2. The van der Waals surface area contributed by atoms with Gasteiger partial charge in [0.05, 0.1) is 5.57 Å². The number of rotatable bonds is 4. The Labute approximate surface area is 83.2 Å². The molecule has 4 nitrogen and oxygen atoms in total. The summed E-state index contributed by atoms with van der Waals surface area (Å²) in [7, 11) is 0. The zero-order chi connectivity index (χ0) is 10.7. The van der Waals surface area contributed by atoms with Crippen LogP contribution in [0.2, 0.25) is 0 Å². The summed E-state index contributed by atoms with van der Waals surface area (Å²) in [4.78, 5) is 24.1. The molecule has 0 bridgehead atoms. The largest absolute Gasteiger partial charge is 0.503 e. The quantitative estimate of drug-likeness (QED) is 0.692. The molecule has 0 aromatic rings. The maximum absolute atomic E-state index is 11.6. The molecule has 1 aliphatic heterocycles. The lowest BCUT2D eigenvalue weighted by Gasteiger charge is -2.12. The van der Waals surface area contributed by atoms with Gasteiger partial charge in [0.1, 0.15) is 0 Å². The van der Waals surface area contributed by atoms with Crippen LogP contribution >= 0.6 is 0 Å². The molecule has 0 atom stereocenters. The highest BCUT2D eigenvalue weighted by Gasteiger charge is 2.36. The summed E-state index contributed by atoms with van der Waals surface area (Å²) in [5.74, 6) is -1.22. The van der Waals surface area contributed by atoms with Crippen molar-refractivity contribution in [3.63, 3.8) is 0 Å². The molecule has 4 heteroatoms. The number of nitrogens with zero attached hydrogens (tertiary/aromatic N) is 1. The number of carbonyl (C=O) groups excluding carboxylic acids is 2. The van der Waals surface area contributed by atoms with E-state index < -0.39 is 5.91 Å². The van der Waals surface area contributed by atoms with Crippen molar-refractivity contribution in [2.24, 2.45) is 0 Å². The molecule has 1 N–H and O–H groups in total. The minimum Gasteiger partial charge on any atom is -0.503 e. The summed E-state index contributed by atoms with van der Waals surface area (Å²) < 4.78 is 0. The fourth-order valence-electron chi connectivity index (χ4n) is 1.52. The predicted octanol–water partition coefficient (Wildman–Crippen LogP) is 1.38. The lowest BCUT2D eigenvalue weighted by atomic mass is 10.1. The predicted molar refractivity (Wildman–Crippen MR) is 51.6 cm³/mol. The zero-order valence-electron chi connectivity index (χ0n) is 8.54. The van der Waals surface area contributed by atoms with E-state index in [2.05, 4.69) is 0 Å². The molecule has 0 aromatic heterocycles. The van der Waals surface area contributed by atoms with E-state index >= 15 is 0 Å². The minimum atomic E-state index is -0.541. The molecule has 1 aliphatic rings. The third-order valence-corrected chi connectivity index (χ3v) is 2.18. The Balaban J connectivity index is 2.86. The molecule has 0 saturated carbocycles.